The molecule has 0 spiro atoms. The van der Waals surface area contributed by atoms with Crippen LogP contribution in [0.5, 0.6) is 0 Å². The highest BCUT2D eigenvalue weighted by atomic mass is 16.8. The van der Waals surface area contributed by atoms with Gasteiger partial charge >= 0.3 is 23.9 Å². The fourth-order valence-electron chi connectivity index (χ4n) is 7.92. The van der Waals surface area contributed by atoms with Crippen molar-refractivity contribution in [2.45, 2.75) is 185 Å². The molecule has 0 aliphatic carbocycles. The molecule has 404 valence electrons. The van der Waals surface area contributed by atoms with Crippen LogP contribution in [0, 0.1) is 0 Å². The van der Waals surface area contributed by atoms with Gasteiger partial charge in [0, 0.05) is 0 Å². The van der Waals surface area contributed by atoms with Crippen LogP contribution in [0.2, 0.25) is 0 Å². The number of carbonyl (C=O) groups is 4. The number of aliphatic carboxylic acids is 4. The Morgan fingerprint density at radius 1 is 0.400 bits per heavy atom. The molecule has 5 heterocycles. The maximum atomic E-state index is 13.0. The van der Waals surface area contributed by atoms with E-state index in [2.05, 4.69) is 0 Å². The summed E-state index contributed by atoms with van der Waals surface area (Å²) >= 11 is 0. The second-order valence-electron chi connectivity index (χ2n) is 16.7. The van der Waals surface area contributed by atoms with Crippen molar-refractivity contribution < 1.29 is 169 Å². The molecule has 34 heteroatoms. The standard InChI is InChI=1S/C36H56O34/c1-4-7(40)12(45)25(68-35-18(51)20(17(50)24(67-35)30(57)58)63-32-15(48)10(43)13(46)22(65-32)28(53)54)36(61-4)69-26-21(64-33-16(49)11(44)14(47)23(66-33)29(55)56)19(52)34(70-27(26)31(59)60)62-6(3-38)9(42)8(41)5(39)2-37/h4-27,32-52H,2-3H2,1H3,(H,53,54)(H,55,56)(H,57,58)(H,59,60)/t4-,5-,6-,7-,8-,9-,10-,11-,12+,13-,14-,15+,16+,17+,18+,19+,20-,21+,22-,23-,24-,25+,26+,27-,32+,33+,34-,35+,36-/m0/s1. The Balaban J connectivity index is 1.52. The molecule has 0 amide bonds. The first kappa shape index (κ1) is 57.7. The van der Waals surface area contributed by atoms with Crippen molar-refractivity contribution in [2.24, 2.45) is 0 Å². The van der Waals surface area contributed by atoms with Gasteiger partial charge in [-0.05, 0) is 6.92 Å². The molecule has 0 bridgehead atoms. The molecular weight excluding hydrogens is 976 g/mol. The van der Waals surface area contributed by atoms with Crippen LogP contribution in [-0.4, -0.2) is 317 Å². The summed E-state index contributed by atoms with van der Waals surface area (Å²) in [5.74, 6) is -7.98. The fraction of sp³-hybridized carbons (Fsp3) is 0.889. The van der Waals surface area contributed by atoms with E-state index in [0.717, 1.165) is 6.92 Å². The van der Waals surface area contributed by atoms with Crippen LogP contribution in [0.25, 0.3) is 0 Å². The van der Waals surface area contributed by atoms with Crippen molar-refractivity contribution in [2.75, 3.05) is 13.2 Å². The Bertz CT molecular complexity index is 1760. The molecule has 0 unspecified atom stereocenters. The van der Waals surface area contributed by atoms with Crippen molar-refractivity contribution in [3.8, 4) is 0 Å². The van der Waals surface area contributed by atoms with Gasteiger partial charge in [-0.1, -0.05) is 0 Å². The van der Waals surface area contributed by atoms with Gasteiger partial charge in [-0.25, -0.2) is 19.2 Å². The first-order valence-electron chi connectivity index (χ1n) is 20.9. The molecule has 0 aromatic carbocycles. The zero-order valence-corrected chi connectivity index (χ0v) is 35.8. The predicted octanol–water partition coefficient (Wildman–Crippen LogP) is -13.1. The van der Waals surface area contributed by atoms with Crippen LogP contribution in [-0.2, 0) is 66.5 Å². The van der Waals surface area contributed by atoms with E-state index >= 15 is 0 Å². The number of ether oxygens (including phenoxy) is 10. The van der Waals surface area contributed by atoms with Gasteiger partial charge in [0.1, 0.15) is 116 Å². The van der Waals surface area contributed by atoms with Crippen LogP contribution < -0.4 is 0 Å². The number of carboxylic acid groups (broad SMARTS) is 4. The second kappa shape index (κ2) is 23.8. The minimum Gasteiger partial charge on any atom is -0.479 e. The molecule has 0 aromatic rings. The molecule has 5 aliphatic rings. The smallest absolute Gasteiger partial charge is 0.335 e. The molecule has 5 rings (SSSR count). The molecule has 70 heavy (non-hydrogen) atoms. The zero-order chi connectivity index (χ0) is 52.5. The summed E-state index contributed by atoms with van der Waals surface area (Å²) in [7, 11) is 0. The van der Waals surface area contributed by atoms with Crippen LogP contribution >= 0.6 is 0 Å². The number of carboxylic acids is 4. The molecule has 0 radical (unpaired) electrons. The lowest BCUT2D eigenvalue weighted by molar-refractivity contribution is -0.401. The van der Waals surface area contributed by atoms with Gasteiger partial charge in [-0.15, -0.1) is 0 Å². The van der Waals surface area contributed by atoms with Gasteiger partial charge in [0.2, 0.25) is 0 Å². The average molecular weight is 1030 g/mol. The maximum Gasteiger partial charge on any atom is 0.335 e. The topological polar surface area (TPSA) is 565 Å². The summed E-state index contributed by atoms with van der Waals surface area (Å²) in [5, 5.41) is 208. The Morgan fingerprint density at radius 2 is 0.800 bits per heavy atom. The fourth-order valence-corrected chi connectivity index (χ4v) is 7.92. The van der Waals surface area contributed by atoms with Gasteiger partial charge in [0.05, 0.1) is 19.3 Å². The summed E-state index contributed by atoms with van der Waals surface area (Å²) < 4.78 is 54.2. The Morgan fingerprint density at radius 3 is 1.26 bits per heavy atom. The Labute approximate surface area is 390 Å². The van der Waals surface area contributed by atoms with Gasteiger partial charge in [-0.2, -0.15) is 0 Å². The van der Waals surface area contributed by atoms with Crippen molar-refractivity contribution in [1.82, 2.24) is 0 Å². The number of aliphatic hydroxyl groups excluding tert-OH is 16. The van der Waals surface area contributed by atoms with E-state index in [1.165, 1.54) is 0 Å². The Kier molecular flexibility index (Phi) is 19.6. The van der Waals surface area contributed by atoms with E-state index in [1.54, 1.807) is 0 Å². The number of rotatable bonds is 19. The van der Waals surface area contributed by atoms with E-state index in [9.17, 15) is 121 Å². The van der Waals surface area contributed by atoms with Gasteiger partial charge in [-0.3, -0.25) is 0 Å². The Hall–Kier alpha value is -3.16. The van der Waals surface area contributed by atoms with Crippen molar-refractivity contribution >= 4 is 23.9 Å². The predicted molar refractivity (Wildman–Crippen MR) is 202 cm³/mol. The number of aliphatic hydroxyl groups is 16. The molecule has 5 aliphatic heterocycles. The normalized spacial score (nSPS) is 46.6. The van der Waals surface area contributed by atoms with Crippen LogP contribution in [0.4, 0.5) is 0 Å². The average Bonchev–Trinajstić information content (AvgIpc) is 3.30. The third-order valence-electron chi connectivity index (χ3n) is 11.9. The largest absolute Gasteiger partial charge is 0.479 e. The molecular formula is C36H56O34. The summed E-state index contributed by atoms with van der Waals surface area (Å²) in [6.45, 7) is -1.37. The highest BCUT2D eigenvalue weighted by molar-refractivity contribution is 5.74. The summed E-state index contributed by atoms with van der Waals surface area (Å²) in [6, 6.07) is 0. The minimum atomic E-state index is -2.64. The molecule has 29 atom stereocenters. The van der Waals surface area contributed by atoms with Crippen LogP contribution in [0.1, 0.15) is 6.92 Å². The van der Waals surface area contributed by atoms with E-state index in [-0.39, 0.29) is 0 Å². The van der Waals surface area contributed by atoms with E-state index in [4.69, 9.17) is 47.4 Å². The van der Waals surface area contributed by atoms with Crippen LogP contribution in [0.15, 0.2) is 0 Å². The SMILES string of the molecule is C[C@@H]1O[C@@H](O[C@@H]2[C@H](O[C@@H]3O[C@H](C(=O)O)[C@@H](O)[C@H](O)[C@H]3O)[C@@H](O)[C@@H](O[C@@H](CO)[C@H](O)[C@@H](O)[C@@H](O)CO)O[C@@H]2C(=O)O)[C@H](O[C@H]2O[C@H](C(=O)O)[C@H](O)[C@H](O[C@@H]3O[C@H](C(=O)O)[C@@H](O)[C@H](O)[C@H]3O)[C@H]2O)[C@H](O)[C@H]1O. The highest BCUT2D eigenvalue weighted by Gasteiger charge is 2.60. The zero-order valence-electron chi connectivity index (χ0n) is 35.8. The van der Waals surface area contributed by atoms with E-state index in [1.807, 2.05) is 0 Å². The lowest BCUT2D eigenvalue weighted by atomic mass is 9.95. The molecule has 5 fully saturated rings. The third kappa shape index (κ3) is 11.9. The second-order valence-corrected chi connectivity index (χ2v) is 16.7. The number of hydrogen-bond acceptors (Lipinski definition) is 30. The lowest BCUT2D eigenvalue weighted by Gasteiger charge is -2.50. The van der Waals surface area contributed by atoms with Gasteiger partial charge < -0.3 is 149 Å². The first-order valence-corrected chi connectivity index (χ1v) is 20.9. The van der Waals surface area contributed by atoms with Gasteiger partial charge in [0.15, 0.2) is 55.9 Å². The summed E-state index contributed by atoms with van der Waals surface area (Å²) in [5.41, 5.74) is 0. The summed E-state index contributed by atoms with van der Waals surface area (Å²) in [4.78, 5) is 48.9. The van der Waals surface area contributed by atoms with E-state index in [0.29, 0.717) is 0 Å². The van der Waals surface area contributed by atoms with Gasteiger partial charge in [0.25, 0.3) is 0 Å². The third-order valence-corrected chi connectivity index (χ3v) is 11.9. The highest BCUT2D eigenvalue weighted by Crippen LogP contribution is 2.37. The van der Waals surface area contributed by atoms with Crippen LogP contribution in [0.3, 0.4) is 0 Å². The first-order chi connectivity index (χ1) is 32.7. The van der Waals surface area contributed by atoms with E-state index < -0.39 is 215 Å². The lowest BCUT2D eigenvalue weighted by Crippen LogP contribution is -2.69. The van der Waals surface area contributed by atoms with Crippen molar-refractivity contribution in [1.29, 1.82) is 0 Å². The van der Waals surface area contributed by atoms with Crippen molar-refractivity contribution in [3.63, 3.8) is 0 Å². The molecule has 34 nitrogen and oxygen atoms in total. The molecule has 0 aromatic heterocycles. The molecule has 5 saturated heterocycles. The maximum absolute atomic E-state index is 13.0. The van der Waals surface area contributed by atoms with Crippen molar-refractivity contribution in [3.05, 3.63) is 0 Å². The monoisotopic (exact) mass is 1030 g/mol. The minimum absolute atomic E-state index is 1.09. The molecule has 0 saturated carbocycles. The molecule has 20 N–H and O–H groups in total. The number of hydrogen-bond donors (Lipinski definition) is 20. The summed E-state index contributed by atoms with van der Waals surface area (Å²) in [6.07, 6.45) is -68.5. The quantitative estimate of drug-likeness (QED) is 0.0571.